The van der Waals surface area contributed by atoms with E-state index in [1.54, 1.807) is 0 Å². The predicted octanol–water partition coefficient (Wildman–Crippen LogP) is 0.818. The number of primary amides is 1. The first-order valence-corrected chi connectivity index (χ1v) is 5.27. The van der Waals surface area contributed by atoms with Crippen LogP contribution in [0.3, 0.4) is 0 Å². The van der Waals surface area contributed by atoms with Crippen molar-refractivity contribution in [3.63, 3.8) is 0 Å². The van der Waals surface area contributed by atoms with E-state index in [1.165, 1.54) is 19.3 Å². The van der Waals surface area contributed by atoms with Gasteiger partial charge in [0.1, 0.15) is 6.61 Å². The molecule has 2 unspecified atom stereocenters. The summed E-state index contributed by atoms with van der Waals surface area (Å²) in [6, 6.07) is 0.350. The highest BCUT2D eigenvalue weighted by atomic mass is 16.6. The van der Waals surface area contributed by atoms with E-state index in [2.05, 4.69) is 19.3 Å². The van der Waals surface area contributed by atoms with E-state index >= 15 is 0 Å². The first-order chi connectivity index (χ1) is 6.61. The molecule has 1 fully saturated rings. The molecule has 0 aromatic rings. The van der Waals surface area contributed by atoms with Crippen molar-refractivity contribution in [1.82, 2.24) is 5.48 Å². The number of hydroxylamine groups is 1. The summed E-state index contributed by atoms with van der Waals surface area (Å²) in [6.07, 6.45) is 3.74. The van der Waals surface area contributed by atoms with Crippen LogP contribution < -0.4 is 11.2 Å². The van der Waals surface area contributed by atoms with E-state index in [9.17, 15) is 4.79 Å². The Kier molecular flexibility index (Phi) is 4.35. The average molecular weight is 200 g/mol. The molecular formula is C10H20N2O2. The molecule has 1 rings (SSSR count). The summed E-state index contributed by atoms with van der Waals surface area (Å²) < 4.78 is 0. The fourth-order valence-corrected chi connectivity index (χ4v) is 2.12. The number of hydrogen-bond donors (Lipinski definition) is 2. The van der Waals surface area contributed by atoms with Gasteiger partial charge in [-0.2, -0.15) is 5.48 Å². The Hall–Kier alpha value is -0.610. The van der Waals surface area contributed by atoms with Crippen LogP contribution in [0.15, 0.2) is 0 Å². The highest BCUT2D eigenvalue weighted by Crippen LogP contribution is 2.28. The highest BCUT2D eigenvalue weighted by molar-refractivity contribution is 5.74. The zero-order valence-electron chi connectivity index (χ0n) is 8.95. The second-order valence-electron chi connectivity index (χ2n) is 4.28. The van der Waals surface area contributed by atoms with Crippen LogP contribution in [-0.2, 0) is 9.63 Å². The Labute approximate surface area is 85.1 Å². The number of hydrogen-bond acceptors (Lipinski definition) is 3. The van der Waals surface area contributed by atoms with Gasteiger partial charge < -0.3 is 5.73 Å². The monoisotopic (exact) mass is 200 g/mol. The van der Waals surface area contributed by atoms with E-state index in [1.807, 2.05) is 0 Å². The average Bonchev–Trinajstić information content (AvgIpc) is 2.09. The van der Waals surface area contributed by atoms with Gasteiger partial charge in [-0.3, -0.25) is 9.63 Å². The topological polar surface area (TPSA) is 64.3 Å². The van der Waals surface area contributed by atoms with Gasteiger partial charge in [0.25, 0.3) is 0 Å². The quantitative estimate of drug-likeness (QED) is 0.660. The summed E-state index contributed by atoms with van der Waals surface area (Å²) in [6.45, 7) is 4.37. The molecular weight excluding hydrogens is 180 g/mol. The highest BCUT2D eigenvalue weighted by Gasteiger charge is 2.27. The minimum atomic E-state index is -0.436. The van der Waals surface area contributed by atoms with Crippen LogP contribution in [0.5, 0.6) is 0 Å². The van der Waals surface area contributed by atoms with Crippen LogP contribution in [0.4, 0.5) is 0 Å². The Balaban J connectivity index is 2.29. The molecule has 82 valence electrons. The smallest absolute Gasteiger partial charge is 0.245 e. The molecule has 0 bridgehead atoms. The maximum atomic E-state index is 10.5. The van der Waals surface area contributed by atoms with Gasteiger partial charge in [0, 0.05) is 6.04 Å². The molecule has 1 aliphatic rings. The van der Waals surface area contributed by atoms with Crippen molar-refractivity contribution in [1.29, 1.82) is 0 Å². The van der Waals surface area contributed by atoms with Gasteiger partial charge in [0.05, 0.1) is 0 Å². The molecule has 0 saturated heterocycles. The third kappa shape index (κ3) is 3.27. The maximum absolute atomic E-state index is 10.5. The number of nitrogens with two attached hydrogens (primary N) is 1. The first kappa shape index (κ1) is 11.5. The number of rotatable bonds is 4. The summed E-state index contributed by atoms with van der Waals surface area (Å²) in [5.74, 6) is 0.770. The van der Waals surface area contributed by atoms with Crippen LogP contribution >= 0.6 is 0 Å². The Bertz CT molecular complexity index is 187. The summed E-state index contributed by atoms with van der Waals surface area (Å²) in [5.41, 5.74) is 7.93. The van der Waals surface area contributed by atoms with Crippen molar-refractivity contribution in [3.8, 4) is 0 Å². The molecule has 3 N–H and O–H groups in total. The molecule has 0 aromatic heterocycles. The predicted molar refractivity (Wildman–Crippen MR) is 54.2 cm³/mol. The lowest BCUT2D eigenvalue weighted by molar-refractivity contribution is -0.127. The number of carbonyl (C=O) groups excluding carboxylic acids is 1. The summed E-state index contributed by atoms with van der Waals surface area (Å²) in [7, 11) is 0. The number of amides is 1. The van der Waals surface area contributed by atoms with Gasteiger partial charge in [0.15, 0.2) is 0 Å². The van der Waals surface area contributed by atoms with E-state index in [0.717, 1.165) is 0 Å². The van der Waals surface area contributed by atoms with Gasteiger partial charge in [-0.15, -0.1) is 0 Å². The van der Waals surface area contributed by atoms with Crippen molar-refractivity contribution in [2.45, 2.75) is 39.2 Å². The largest absolute Gasteiger partial charge is 0.368 e. The maximum Gasteiger partial charge on any atom is 0.245 e. The molecule has 1 aliphatic carbocycles. The first-order valence-electron chi connectivity index (χ1n) is 5.27. The van der Waals surface area contributed by atoms with E-state index in [4.69, 9.17) is 10.6 Å². The summed E-state index contributed by atoms with van der Waals surface area (Å²) in [4.78, 5) is 15.5. The Morgan fingerprint density at radius 3 is 2.50 bits per heavy atom. The zero-order valence-corrected chi connectivity index (χ0v) is 8.95. The third-order valence-electron chi connectivity index (χ3n) is 2.98. The SMILES string of the molecule is CC1CCCC(C)C1NOCC(N)=O. The van der Waals surface area contributed by atoms with Crippen LogP contribution in [0.25, 0.3) is 0 Å². The fourth-order valence-electron chi connectivity index (χ4n) is 2.12. The lowest BCUT2D eigenvalue weighted by atomic mass is 9.79. The Morgan fingerprint density at radius 1 is 1.43 bits per heavy atom. The van der Waals surface area contributed by atoms with Crippen molar-refractivity contribution in [2.75, 3.05) is 6.61 Å². The lowest BCUT2D eigenvalue weighted by Gasteiger charge is -2.34. The number of carbonyl (C=O) groups is 1. The van der Waals surface area contributed by atoms with Crippen LogP contribution in [-0.4, -0.2) is 18.6 Å². The molecule has 0 spiro atoms. The van der Waals surface area contributed by atoms with E-state index in [0.29, 0.717) is 17.9 Å². The van der Waals surface area contributed by atoms with Crippen molar-refractivity contribution >= 4 is 5.91 Å². The fraction of sp³-hybridized carbons (Fsp3) is 0.900. The van der Waals surface area contributed by atoms with Crippen molar-refractivity contribution in [2.24, 2.45) is 17.6 Å². The van der Waals surface area contributed by atoms with Gasteiger partial charge in [0.2, 0.25) is 5.91 Å². The van der Waals surface area contributed by atoms with Crippen LogP contribution in [0.2, 0.25) is 0 Å². The molecule has 1 saturated carbocycles. The normalized spacial score (nSPS) is 32.9. The van der Waals surface area contributed by atoms with Crippen LogP contribution in [0.1, 0.15) is 33.1 Å². The molecule has 4 nitrogen and oxygen atoms in total. The van der Waals surface area contributed by atoms with Crippen molar-refractivity contribution < 1.29 is 9.63 Å². The molecule has 0 heterocycles. The molecule has 0 aliphatic heterocycles. The third-order valence-corrected chi connectivity index (χ3v) is 2.98. The minimum absolute atomic E-state index is 0.0457. The second-order valence-corrected chi connectivity index (χ2v) is 4.28. The molecule has 0 radical (unpaired) electrons. The van der Waals surface area contributed by atoms with Gasteiger partial charge in [-0.1, -0.05) is 20.3 Å². The summed E-state index contributed by atoms with van der Waals surface area (Å²) >= 11 is 0. The van der Waals surface area contributed by atoms with Crippen LogP contribution in [0, 0.1) is 11.8 Å². The van der Waals surface area contributed by atoms with E-state index in [-0.39, 0.29) is 6.61 Å². The molecule has 4 heteroatoms. The van der Waals surface area contributed by atoms with E-state index < -0.39 is 5.91 Å². The Morgan fingerprint density at radius 2 is 2.00 bits per heavy atom. The standard InChI is InChI=1S/C10H20N2O2/c1-7-4-3-5-8(2)10(7)12-14-6-9(11)13/h7-8,10,12H,3-6H2,1-2H3,(H2,11,13). The second kappa shape index (κ2) is 5.32. The zero-order chi connectivity index (χ0) is 10.6. The summed E-state index contributed by atoms with van der Waals surface area (Å²) in [5, 5.41) is 0. The molecule has 0 aromatic carbocycles. The van der Waals surface area contributed by atoms with Gasteiger partial charge in [-0.25, -0.2) is 0 Å². The molecule has 2 atom stereocenters. The number of nitrogens with one attached hydrogen (secondary N) is 1. The molecule has 1 amide bonds. The van der Waals surface area contributed by atoms with Gasteiger partial charge >= 0.3 is 0 Å². The minimum Gasteiger partial charge on any atom is -0.368 e. The molecule has 14 heavy (non-hydrogen) atoms. The lowest BCUT2D eigenvalue weighted by Crippen LogP contribution is -2.43. The van der Waals surface area contributed by atoms with Crippen molar-refractivity contribution in [3.05, 3.63) is 0 Å². The van der Waals surface area contributed by atoms with Gasteiger partial charge in [-0.05, 0) is 24.7 Å².